The average molecular weight is 236 g/mol. The van der Waals surface area contributed by atoms with Crippen molar-refractivity contribution in [1.29, 1.82) is 0 Å². The molecule has 0 spiro atoms. The second-order valence-corrected chi connectivity index (χ2v) is 3.63. The number of ether oxygens (including phenoxy) is 1. The molecular formula is C12H10ClNO2. The van der Waals surface area contributed by atoms with Gasteiger partial charge in [-0.2, -0.15) is 0 Å². The summed E-state index contributed by atoms with van der Waals surface area (Å²) < 4.78 is 5.44. The highest BCUT2D eigenvalue weighted by Gasteiger charge is 2.03. The van der Waals surface area contributed by atoms with E-state index in [0.717, 1.165) is 5.56 Å². The molecule has 2 aromatic rings. The number of phenolic OH excluding ortho intramolecular Hbond substituents is 1. The van der Waals surface area contributed by atoms with E-state index in [0.29, 0.717) is 17.4 Å². The van der Waals surface area contributed by atoms with Crippen LogP contribution in [0.2, 0.25) is 5.02 Å². The molecule has 0 saturated carbocycles. The van der Waals surface area contributed by atoms with Crippen LogP contribution in [0.3, 0.4) is 0 Å². The molecule has 3 nitrogen and oxygen atoms in total. The molecule has 1 heterocycles. The Balaban J connectivity index is 2.09. The number of benzene rings is 1. The number of hydrogen-bond acceptors (Lipinski definition) is 3. The molecule has 4 heteroatoms. The van der Waals surface area contributed by atoms with Gasteiger partial charge in [0.15, 0.2) is 11.5 Å². The van der Waals surface area contributed by atoms with Crippen molar-refractivity contribution in [2.24, 2.45) is 0 Å². The van der Waals surface area contributed by atoms with E-state index < -0.39 is 0 Å². The zero-order chi connectivity index (χ0) is 11.4. The molecule has 0 bridgehead atoms. The van der Waals surface area contributed by atoms with E-state index in [2.05, 4.69) is 4.98 Å². The number of para-hydroxylation sites is 2. The Kier molecular flexibility index (Phi) is 3.27. The van der Waals surface area contributed by atoms with Crippen molar-refractivity contribution >= 4 is 11.6 Å². The summed E-state index contributed by atoms with van der Waals surface area (Å²) in [6, 6.07) is 8.58. The van der Waals surface area contributed by atoms with Crippen LogP contribution >= 0.6 is 11.6 Å². The van der Waals surface area contributed by atoms with Crippen molar-refractivity contribution in [2.75, 3.05) is 0 Å². The summed E-state index contributed by atoms with van der Waals surface area (Å²) >= 11 is 5.93. The lowest BCUT2D eigenvalue weighted by Crippen LogP contribution is -1.96. The maximum atomic E-state index is 9.49. The van der Waals surface area contributed by atoms with Crippen molar-refractivity contribution in [2.45, 2.75) is 6.61 Å². The molecule has 1 aromatic carbocycles. The van der Waals surface area contributed by atoms with Crippen LogP contribution in [0.4, 0.5) is 0 Å². The van der Waals surface area contributed by atoms with Crippen LogP contribution in [0, 0.1) is 0 Å². The van der Waals surface area contributed by atoms with E-state index >= 15 is 0 Å². The SMILES string of the molecule is Oc1ccccc1OCc1ccncc1Cl. The number of rotatable bonds is 3. The molecule has 2 rings (SSSR count). The number of pyridine rings is 1. The fraction of sp³-hybridized carbons (Fsp3) is 0.0833. The number of aromatic hydroxyl groups is 1. The fourth-order valence-corrected chi connectivity index (χ4v) is 1.43. The first-order valence-corrected chi connectivity index (χ1v) is 5.14. The van der Waals surface area contributed by atoms with Gasteiger partial charge in [-0.1, -0.05) is 23.7 Å². The molecule has 16 heavy (non-hydrogen) atoms. The molecule has 1 aromatic heterocycles. The summed E-state index contributed by atoms with van der Waals surface area (Å²) in [7, 11) is 0. The van der Waals surface area contributed by atoms with Crippen LogP contribution in [-0.2, 0) is 6.61 Å². The molecule has 0 aliphatic carbocycles. The molecule has 1 N–H and O–H groups in total. The number of halogens is 1. The smallest absolute Gasteiger partial charge is 0.161 e. The summed E-state index contributed by atoms with van der Waals surface area (Å²) in [4.78, 5) is 3.88. The first-order chi connectivity index (χ1) is 7.77. The summed E-state index contributed by atoms with van der Waals surface area (Å²) in [6.07, 6.45) is 3.21. The average Bonchev–Trinajstić information content (AvgIpc) is 2.30. The lowest BCUT2D eigenvalue weighted by atomic mass is 10.3. The molecule has 0 amide bonds. The maximum absolute atomic E-state index is 9.49. The van der Waals surface area contributed by atoms with Gasteiger partial charge in [-0.25, -0.2) is 0 Å². The van der Waals surface area contributed by atoms with E-state index in [-0.39, 0.29) is 5.75 Å². The van der Waals surface area contributed by atoms with Gasteiger partial charge in [-0.15, -0.1) is 0 Å². The van der Waals surface area contributed by atoms with Gasteiger partial charge in [-0.3, -0.25) is 4.98 Å². The fourth-order valence-electron chi connectivity index (χ4n) is 1.26. The van der Waals surface area contributed by atoms with E-state index in [9.17, 15) is 5.11 Å². The summed E-state index contributed by atoms with van der Waals surface area (Å²) in [5.74, 6) is 0.558. The highest BCUT2D eigenvalue weighted by molar-refractivity contribution is 6.31. The summed E-state index contributed by atoms with van der Waals surface area (Å²) in [6.45, 7) is 0.304. The maximum Gasteiger partial charge on any atom is 0.161 e. The molecule has 0 unspecified atom stereocenters. The minimum Gasteiger partial charge on any atom is -0.504 e. The predicted octanol–water partition coefficient (Wildman–Crippen LogP) is 3.02. The van der Waals surface area contributed by atoms with Gasteiger partial charge in [0.1, 0.15) is 6.61 Å². The first kappa shape index (κ1) is 10.8. The van der Waals surface area contributed by atoms with Crippen LogP contribution in [-0.4, -0.2) is 10.1 Å². The van der Waals surface area contributed by atoms with Crippen molar-refractivity contribution in [3.63, 3.8) is 0 Å². The molecule has 0 atom stereocenters. The number of aromatic nitrogens is 1. The van der Waals surface area contributed by atoms with E-state index in [1.54, 1.807) is 42.7 Å². The molecule has 0 saturated heterocycles. The second-order valence-electron chi connectivity index (χ2n) is 3.22. The highest BCUT2D eigenvalue weighted by Crippen LogP contribution is 2.26. The largest absolute Gasteiger partial charge is 0.504 e. The van der Waals surface area contributed by atoms with Crippen molar-refractivity contribution in [3.05, 3.63) is 53.3 Å². The Bertz CT molecular complexity index is 442. The topological polar surface area (TPSA) is 42.4 Å². The van der Waals surface area contributed by atoms with Crippen LogP contribution < -0.4 is 4.74 Å². The molecule has 0 aliphatic rings. The second kappa shape index (κ2) is 4.86. The van der Waals surface area contributed by atoms with E-state index in [4.69, 9.17) is 16.3 Å². The van der Waals surface area contributed by atoms with Crippen LogP contribution in [0.5, 0.6) is 11.5 Å². The Morgan fingerprint density at radius 1 is 1.25 bits per heavy atom. The normalized spacial score (nSPS) is 10.1. The van der Waals surface area contributed by atoms with Gasteiger partial charge in [-0.05, 0) is 18.2 Å². The quantitative estimate of drug-likeness (QED) is 0.889. The van der Waals surface area contributed by atoms with E-state index in [1.807, 2.05) is 0 Å². The van der Waals surface area contributed by atoms with Gasteiger partial charge >= 0.3 is 0 Å². The Morgan fingerprint density at radius 3 is 2.81 bits per heavy atom. The van der Waals surface area contributed by atoms with Crippen molar-refractivity contribution in [1.82, 2.24) is 4.98 Å². The van der Waals surface area contributed by atoms with Crippen molar-refractivity contribution in [3.8, 4) is 11.5 Å². The number of nitrogens with zero attached hydrogens (tertiary/aromatic N) is 1. The molecule has 0 radical (unpaired) electrons. The Morgan fingerprint density at radius 2 is 2.06 bits per heavy atom. The van der Waals surface area contributed by atoms with Gasteiger partial charge < -0.3 is 9.84 Å². The van der Waals surface area contributed by atoms with Crippen molar-refractivity contribution < 1.29 is 9.84 Å². The van der Waals surface area contributed by atoms with Crippen LogP contribution in [0.15, 0.2) is 42.7 Å². The van der Waals surface area contributed by atoms with Gasteiger partial charge in [0.05, 0.1) is 5.02 Å². The Labute approximate surface area is 98.3 Å². The molecule has 0 aliphatic heterocycles. The minimum absolute atomic E-state index is 0.118. The number of hydrogen-bond donors (Lipinski definition) is 1. The standard InChI is InChI=1S/C12H10ClNO2/c13-10-7-14-6-5-9(10)8-16-12-4-2-1-3-11(12)15/h1-7,15H,8H2. The minimum atomic E-state index is 0.118. The van der Waals surface area contributed by atoms with Crippen LogP contribution in [0.25, 0.3) is 0 Å². The van der Waals surface area contributed by atoms with E-state index in [1.165, 1.54) is 0 Å². The highest BCUT2D eigenvalue weighted by atomic mass is 35.5. The molecular weight excluding hydrogens is 226 g/mol. The molecule has 0 fully saturated rings. The predicted molar refractivity (Wildman–Crippen MR) is 61.7 cm³/mol. The first-order valence-electron chi connectivity index (χ1n) is 4.76. The lowest BCUT2D eigenvalue weighted by molar-refractivity contribution is 0.289. The van der Waals surface area contributed by atoms with Gasteiger partial charge in [0.25, 0.3) is 0 Å². The zero-order valence-electron chi connectivity index (χ0n) is 8.43. The third-order valence-electron chi connectivity index (χ3n) is 2.10. The summed E-state index contributed by atoms with van der Waals surface area (Å²) in [5.41, 5.74) is 0.833. The summed E-state index contributed by atoms with van der Waals surface area (Å²) in [5, 5.41) is 10.0. The lowest BCUT2D eigenvalue weighted by Gasteiger charge is -2.08. The van der Waals surface area contributed by atoms with Gasteiger partial charge in [0, 0.05) is 18.0 Å². The molecule has 82 valence electrons. The number of phenols is 1. The van der Waals surface area contributed by atoms with Gasteiger partial charge in [0.2, 0.25) is 0 Å². The monoisotopic (exact) mass is 235 g/mol. The van der Waals surface area contributed by atoms with Crippen LogP contribution in [0.1, 0.15) is 5.56 Å². The third kappa shape index (κ3) is 2.44. The third-order valence-corrected chi connectivity index (χ3v) is 2.45. The Hall–Kier alpha value is -1.74. The zero-order valence-corrected chi connectivity index (χ0v) is 9.19.